The van der Waals surface area contributed by atoms with Crippen molar-refractivity contribution in [3.8, 4) is 0 Å². The summed E-state index contributed by atoms with van der Waals surface area (Å²) in [4.78, 5) is 3.47. The Kier molecular flexibility index (Phi) is 1.14. The Balaban J connectivity index is 3.15. The van der Waals surface area contributed by atoms with E-state index in [1.165, 1.54) is 18.2 Å². The maximum atomic E-state index is 8.95. The summed E-state index contributed by atoms with van der Waals surface area (Å²) in [6.45, 7) is -5.28. The average molecular weight is 143 g/mol. The average Bonchev–Trinajstić information content (AvgIpc) is 2.01. The van der Waals surface area contributed by atoms with Crippen molar-refractivity contribution in [2.75, 3.05) is 0 Å². The zero-order valence-corrected chi connectivity index (χ0v) is 5.07. The highest BCUT2D eigenvalue weighted by atomic mass is 16.3. The summed E-state index contributed by atoms with van der Waals surface area (Å²) in [5.41, 5.74) is -0.680. The van der Waals surface area contributed by atoms with E-state index in [0.717, 1.165) is 0 Å². The molecule has 2 N–H and O–H groups in total. The number of rotatable bonds is 2. The van der Waals surface area contributed by atoms with E-state index in [4.69, 9.17) is 15.7 Å². The van der Waals surface area contributed by atoms with E-state index in [2.05, 4.69) is 4.98 Å². The van der Waals surface area contributed by atoms with Crippen LogP contribution < -0.4 is 0 Å². The highest BCUT2D eigenvalue weighted by Crippen LogP contribution is 1.98. The van der Waals surface area contributed by atoms with Crippen LogP contribution in [0.5, 0.6) is 0 Å². The van der Waals surface area contributed by atoms with Crippen molar-refractivity contribution >= 4 is 0 Å². The molecule has 54 valence electrons. The highest BCUT2D eigenvalue weighted by molar-refractivity contribution is 5.09. The molecule has 1 heterocycles. The van der Waals surface area contributed by atoms with Gasteiger partial charge in [-0.05, 0) is 12.1 Å². The van der Waals surface area contributed by atoms with E-state index in [9.17, 15) is 0 Å². The molecule has 0 aromatic carbocycles. The molecule has 1 aromatic rings. The lowest BCUT2D eigenvalue weighted by Crippen LogP contribution is -1.93. The van der Waals surface area contributed by atoms with Gasteiger partial charge in [0.25, 0.3) is 0 Å². The number of aromatic nitrogens is 1. The van der Waals surface area contributed by atoms with Gasteiger partial charge in [-0.3, -0.25) is 4.98 Å². The normalized spacial score (nSPS) is 18.6. The van der Waals surface area contributed by atoms with E-state index < -0.39 is 13.1 Å². The Bertz CT molecular complexity index is 302. The van der Waals surface area contributed by atoms with Crippen LogP contribution in [0, 0.1) is 0 Å². The first kappa shape index (κ1) is 3.46. The van der Waals surface area contributed by atoms with Gasteiger partial charge in [-0.2, -0.15) is 0 Å². The van der Waals surface area contributed by atoms with Crippen LogP contribution >= 0.6 is 0 Å². The lowest BCUT2D eigenvalue weighted by Gasteiger charge is -1.96. The maximum absolute atomic E-state index is 8.95. The van der Waals surface area contributed by atoms with Crippen molar-refractivity contribution in [3.05, 3.63) is 29.6 Å². The molecule has 0 saturated heterocycles. The second kappa shape index (κ2) is 3.29. The standard InChI is InChI=1S/C7H9NO2/c9-4-6-2-1-3-7(5-10)8-6/h1-3,9-10H,4-5H2/i4D2,5D2. The Morgan fingerprint density at radius 3 is 2.20 bits per heavy atom. The second-order valence-electron chi connectivity index (χ2n) is 1.63. The molecule has 0 aliphatic carbocycles. The van der Waals surface area contributed by atoms with E-state index in [0.29, 0.717) is 0 Å². The molecule has 3 heteroatoms. The SMILES string of the molecule is [2H]C([2H])(O)c1cccc(C([2H])([2H])O)n1. The van der Waals surface area contributed by atoms with Crippen LogP contribution in [0.2, 0.25) is 0 Å². The molecule has 0 saturated carbocycles. The summed E-state index contributed by atoms with van der Waals surface area (Å²) >= 11 is 0. The predicted molar refractivity (Wildman–Crippen MR) is 36.1 cm³/mol. The third-order valence-electron chi connectivity index (χ3n) is 0.978. The minimum atomic E-state index is -2.64. The monoisotopic (exact) mass is 143 g/mol. The van der Waals surface area contributed by atoms with Crippen LogP contribution in [0.25, 0.3) is 0 Å². The fraction of sp³-hybridized carbons (Fsp3) is 0.286. The van der Waals surface area contributed by atoms with Crippen molar-refractivity contribution in [1.29, 1.82) is 0 Å². The molecule has 0 unspecified atom stereocenters. The van der Waals surface area contributed by atoms with Crippen LogP contribution in [0.3, 0.4) is 0 Å². The molecular formula is C7H9NO2. The lowest BCUT2D eigenvalue weighted by molar-refractivity contribution is 0.265. The van der Waals surface area contributed by atoms with Gasteiger partial charge in [-0.25, -0.2) is 0 Å². The third kappa shape index (κ3) is 1.52. The summed E-state index contributed by atoms with van der Waals surface area (Å²) in [5, 5.41) is 17.9. The predicted octanol–water partition coefficient (Wildman–Crippen LogP) is 0.0662. The zero-order chi connectivity index (χ0) is 11.0. The quantitative estimate of drug-likeness (QED) is 0.615. The van der Waals surface area contributed by atoms with Crippen molar-refractivity contribution in [2.24, 2.45) is 0 Å². The largest absolute Gasteiger partial charge is 0.390 e. The van der Waals surface area contributed by atoms with Crippen LogP contribution in [0.1, 0.15) is 16.9 Å². The molecule has 10 heavy (non-hydrogen) atoms. The van der Waals surface area contributed by atoms with Gasteiger partial charge >= 0.3 is 0 Å². The van der Waals surface area contributed by atoms with Crippen LogP contribution in [0.4, 0.5) is 0 Å². The van der Waals surface area contributed by atoms with Gasteiger partial charge in [0.05, 0.1) is 30.0 Å². The summed E-state index contributed by atoms with van der Waals surface area (Å²) in [7, 11) is 0. The van der Waals surface area contributed by atoms with Gasteiger partial charge in [0, 0.05) is 0 Å². The number of pyridine rings is 1. The molecular weight excluding hydrogens is 130 g/mol. The molecule has 0 amide bonds. The fourth-order valence-corrected chi connectivity index (χ4v) is 0.559. The van der Waals surface area contributed by atoms with E-state index in [1.54, 1.807) is 0 Å². The molecule has 3 nitrogen and oxygen atoms in total. The summed E-state index contributed by atoms with van der Waals surface area (Å²) in [6.07, 6.45) is 0. The van der Waals surface area contributed by atoms with Crippen molar-refractivity contribution in [2.45, 2.75) is 13.1 Å². The second-order valence-corrected chi connectivity index (χ2v) is 1.63. The van der Waals surface area contributed by atoms with Crippen LogP contribution in [-0.4, -0.2) is 15.2 Å². The number of nitrogens with zero attached hydrogens (tertiary/aromatic N) is 1. The molecule has 0 radical (unpaired) electrons. The number of aliphatic hydroxyl groups is 2. The summed E-state index contributed by atoms with van der Waals surface area (Å²) < 4.78 is 27.7. The number of hydrogen-bond donors (Lipinski definition) is 2. The Hall–Kier alpha value is -0.930. The Morgan fingerprint density at radius 1 is 1.30 bits per heavy atom. The minimum Gasteiger partial charge on any atom is -0.390 e. The van der Waals surface area contributed by atoms with Gasteiger partial charge < -0.3 is 10.2 Å². The van der Waals surface area contributed by atoms with Gasteiger partial charge in [0.2, 0.25) is 0 Å². The fourth-order valence-electron chi connectivity index (χ4n) is 0.559. The first-order valence-corrected chi connectivity index (χ1v) is 2.64. The van der Waals surface area contributed by atoms with Gasteiger partial charge in [0.1, 0.15) is 0 Å². The molecule has 0 bridgehead atoms. The molecule has 0 aliphatic rings. The number of hydrogen-bond acceptors (Lipinski definition) is 3. The molecule has 0 aliphatic heterocycles. The summed E-state index contributed by atoms with van der Waals surface area (Å²) in [5.74, 6) is 0. The van der Waals surface area contributed by atoms with Crippen molar-refractivity contribution in [3.63, 3.8) is 0 Å². The van der Waals surface area contributed by atoms with Crippen LogP contribution in [-0.2, 0) is 13.1 Å². The topological polar surface area (TPSA) is 53.4 Å². The molecule has 1 rings (SSSR count). The molecule has 0 spiro atoms. The van der Waals surface area contributed by atoms with Gasteiger partial charge in [0.15, 0.2) is 0 Å². The lowest BCUT2D eigenvalue weighted by atomic mass is 10.3. The van der Waals surface area contributed by atoms with E-state index in [1.807, 2.05) is 0 Å². The Labute approximate surface area is 64.6 Å². The summed E-state index contributed by atoms with van der Waals surface area (Å²) in [6, 6.07) is 3.71. The Morgan fingerprint density at radius 2 is 1.80 bits per heavy atom. The first-order chi connectivity index (χ1) is 6.21. The molecule has 0 fully saturated rings. The minimum absolute atomic E-state index is 0.340. The van der Waals surface area contributed by atoms with Crippen LogP contribution in [0.15, 0.2) is 18.2 Å². The maximum Gasteiger partial charge on any atom is 0.0853 e. The van der Waals surface area contributed by atoms with Crippen molar-refractivity contribution < 1.29 is 15.7 Å². The zero-order valence-electron chi connectivity index (χ0n) is 9.07. The van der Waals surface area contributed by atoms with E-state index in [-0.39, 0.29) is 11.4 Å². The van der Waals surface area contributed by atoms with E-state index >= 15 is 0 Å². The smallest absolute Gasteiger partial charge is 0.0853 e. The highest BCUT2D eigenvalue weighted by Gasteiger charge is 1.92. The first-order valence-electron chi connectivity index (χ1n) is 4.64. The third-order valence-corrected chi connectivity index (χ3v) is 0.978. The molecule has 1 aromatic heterocycles. The van der Waals surface area contributed by atoms with Crippen molar-refractivity contribution in [1.82, 2.24) is 4.98 Å². The van der Waals surface area contributed by atoms with Gasteiger partial charge in [-0.1, -0.05) is 6.07 Å². The van der Waals surface area contributed by atoms with Gasteiger partial charge in [-0.15, -0.1) is 0 Å². The molecule has 0 atom stereocenters.